The van der Waals surface area contributed by atoms with Crippen LogP contribution < -0.4 is 10.6 Å². The van der Waals surface area contributed by atoms with E-state index in [1.54, 1.807) is 27.7 Å². The summed E-state index contributed by atoms with van der Waals surface area (Å²) in [7, 11) is 0. The Kier molecular flexibility index (Phi) is 6.19. The molecular weight excluding hydrogens is 296 g/mol. The molecular formula is C17H30N2O4. The molecule has 1 aliphatic carbocycles. The Morgan fingerprint density at radius 3 is 2.13 bits per heavy atom. The van der Waals surface area contributed by atoms with Crippen LogP contribution in [-0.4, -0.2) is 34.5 Å². The van der Waals surface area contributed by atoms with Crippen LogP contribution in [0.2, 0.25) is 0 Å². The highest BCUT2D eigenvalue weighted by Gasteiger charge is 2.43. The molecule has 6 nitrogen and oxygen atoms in total. The Morgan fingerprint density at radius 1 is 1.22 bits per heavy atom. The Labute approximate surface area is 138 Å². The van der Waals surface area contributed by atoms with Crippen LogP contribution in [0.1, 0.15) is 66.7 Å². The lowest BCUT2D eigenvalue weighted by molar-refractivity contribution is -0.150. The summed E-state index contributed by atoms with van der Waals surface area (Å²) in [4.78, 5) is 36.0. The Morgan fingerprint density at radius 2 is 1.74 bits per heavy atom. The maximum absolute atomic E-state index is 12.3. The summed E-state index contributed by atoms with van der Waals surface area (Å²) in [5, 5.41) is 14.9. The van der Waals surface area contributed by atoms with Crippen LogP contribution in [0.25, 0.3) is 0 Å². The second-order valence-corrected chi connectivity index (χ2v) is 7.67. The molecule has 0 aromatic carbocycles. The molecule has 1 atom stereocenters. The number of rotatable bonds is 5. The highest BCUT2D eigenvalue weighted by Crippen LogP contribution is 2.34. The number of amides is 2. The smallest absolute Gasteiger partial charge is 0.329 e. The fourth-order valence-corrected chi connectivity index (χ4v) is 2.79. The lowest BCUT2D eigenvalue weighted by Gasteiger charge is -2.38. The van der Waals surface area contributed by atoms with Gasteiger partial charge in [0.25, 0.3) is 0 Å². The molecule has 0 heterocycles. The van der Waals surface area contributed by atoms with Crippen LogP contribution in [0.4, 0.5) is 0 Å². The first-order chi connectivity index (χ1) is 10.5. The third-order valence-corrected chi connectivity index (χ3v) is 4.73. The molecule has 0 aromatic heterocycles. The third-order valence-electron chi connectivity index (χ3n) is 4.73. The van der Waals surface area contributed by atoms with E-state index < -0.39 is 28.9 Å². The van der Waals surface area contributed by atoms with Crippen molar-refractivity contribution in [1.82, 2.24) is 10.6 Å². The Balaban J connectivity index is 2.72. The van der Waals surface area contributed by atoms with Gasteiger partial charge in [0.2, 0.25) is 11.8 Å². The average Bonchev–Trinajstić information content (AvgIpc) is 2.46. The van der Waals surface area contributed by atoms with E-state index in [9.17, 15) is 19.5 Å². The summed E-state index contributed by atoms with van der Waals surface area (Å²) >= 11 is 0. The number of carboxylic acids is 1. The number of nitrogens with one attached hydrogen (secondary N) is 2. The third kappa shape index (κ3) is 4.94. The van der Waals surface area contributed by atoms with Crippen molar-refractivity contribution in [2.24, 2.45) is 11.3 Å². The summed E-state index contributed by atoms with van der Waals surface area (Å²) in [6, 6.07) is -0.762. The number of carboxylic acid groups (broad SMARTS) is 1. The fraction of sp³-hybridized carbons (Fsp3) is 0.824. The van der Waals surface area contributed by atoms with Gasteiger partial charge in [-0.05, 0) is 38.5 Å². The van der Waals surface area contributed by atoms with Gasteiger partial charge in [0.15, 0.2) is 0 Å². The Bertz CT molecular complexity index is 460. The summed E-state index contributed by atoms with van der Waals surface area (Å²) in [5.41, 5.74) is -1.80. The van der Waals surface area contributed by atoms with Crippen LogP contribution in [0.5, 0.6) is 0 Å². The van der Waals surface area contributed by atoms with Gasteiger partial charge in [-0.1, -0.05) is 34.1 Å². The van der Waals surface area contributed by atoms with Crippen molar-refractivity contribution in [2.45, 2.75) is 78.3 Å². The maximum Gasteiger partial charge on any atom is 0.329 e. The topological polar surface area (TPSA) is 95.5 Å². The molecule has 132 valence electrons. The monoisotopic (exact) mass is 326 g/mol. The zero-order chi connectivity index (χ0) is 17.8. The number of aliphatic carboxylic acids is 1. The van der Waals surface area contributed by atoms with Crippen molar-refractivity contribution in [2.75, 3.05) is 0 Å². The van der Waals surface area contributed by atoms with Gasteiger partial charge in [0.05, 0.1) is 0 Å². The van der Waals surface area contributed by atoms with Crippen LogP contribution in [-0.2, 0) is 14.4 Å². The number of hydrogen-bond acceptors (Lipinski definition) is 3. The second-order valence-electron chi connectivity index (χ2n) is 7.67. The molecule has 2 amide bonds. The van der Waals surface area contributed by atoms with Gasteiger partial charge in [-0.15, -0.1) is 0 Å². The van der Waals surface area contributed by atoms with Gasteiger partial charge in [0, 0.05) is 5.41 Å². The second kappa shape index (κ2) is 7.32. The van der Waals surface area contributed by atoms with Gasteiger partial charge in [0.1, 0.15) is 11.6 Å². The van der Waals surface area contributed by atoms with E-state index in [0.29, 0.717) is 18.8 Å². The zero-order valence-corrected chi connectivity index (χ0v) is 14.9. The quantitative estimate of drug-likeness (QED) is 0.721. The van der Waals surface area contributed by atoms with E-state index >= 15 is 0 Å². The SMILES string of the molecule is CCC1CCC(NC(=O)C(C)NC(=O)C(C)(C)C)(C(=O)O)CC1. The van der Waals surface area contributed by atoms with Gasteiger partial charge in [-0.2, -0.15) is 0 Å². The van der Waals surface area contributed by atoms with E-state index in [-0.39, 0.29) is 5.91 Å². The lowest BCUT2D eigenvalue weighted by atomic mass is 9.75. The first kappa shape index (κ1) is 19.5. The predicted molar refractivity (Wildman–Crippen MR) is 87.8 cm³/mol. The molecule has 0 saturated heterocycles. The molecule has 1 unspecified atom stereocenters. The normalized spacial score (nSPS) is 26.2. The average molecular weight is 326 g/mol. The van der Waals surface area contributed by atoms with Crippen molar-refractivity contribution in [3.8, 4) is 0 Å². The van der Waals surface area contributed by atoms with Crippen molar-refractivity contribution in [3.05, 3.63) is 0 Å². The summed E-state index contributed by atoms with van der Waals surface area (Å²) in [5.74, 6) is -1.15. The number of hydrogen-bond donors (Lipinski definition) is 3. The predicted octanol–water partition coefficient (Wildman–Crippen LogP) is 2.08. The van der Waals surface area contributed by atoms with Gasteiger partial charge in [-0.25, -0.2) is 4.79 Å². The molecule has 1 rings (SSSR count). The minimum absolute atomic E-state index is 0.237. The minimum atomic E-state index is -1.20. The van der Waals surface area contributed by atoms with Crippen LogP contribution in [0, 0.1) is 11.3 Å². The van der Waals surface area contributed by atoms with Crippen LogP contribution in [0.3, 0.4) is 0 Å². The standard InChI is InChI=1S/C17H30N2O4/c1-6-12-7-9-17(10-8-12,15(22)23)19-13(20)11(2)18-14(21)16(3,4)5/h11-12H,6-10H2,1-5H3,(H,18,21)(H,19,20)(H,22,23). The van der Waals surface area contributed by atoms with E-state index in [1.165, 1.54) is 0 Å². The molecule has 0 aliphatic heterocycles. The zero-order valence-electron chi connectivity index (χ0n) is 14.9. The molecule has 0 spiro atoms. The Hall–Kier alpha value is -1.59. The van der Waals surface area contributed by atoms with Crippen LogP contribution in [0.15, 0.2) is 0 Å². The van der Waals surface area contributed by atoms with Gasteiger partial charge in [-0.3, -0.25) is 9.59 Å². The first-order valence-corrected chi connectivity index (χ1v) is 8.38. The van der Waals surface area contributed by atoms with Crippen molar-refractivity contribution < 1.29 is 19.5 Å². The van der Waals surface area contributed by atoms with Crippen LogP contribution >= 0.6 is 0 Å². The highest BCUT2D eigenvalue weighted by atomic mass is 16.4. The van der Waals surface area contributed by atoms with Gasteiger partial charge < -0.3 is 15.7 Å². The molecule has 0 bridgehead atoms. The van der Waals surface area contributed by atoms with E-state index in [2.05, 4.69) is 17.6 Å². The highest BCUT2D eigenvalue weighted by molar-refractivity contribution is 5.92. The summed E-state index contributed by atoms with van der Waals surface area (Å²) in [6.07, 6.45) is 3.50. The summed E-state index contributed by atoms with van der Waals surface area (Å²) < 4.78 is 0. The molecule has 6 heteroatoms. The molecule has 1 saturated carbocycles. The number of carbonyl (C=O) groups is 3. The van der Waals surface area contributed by atoms with E-state index in [4.69, 9.17) is 0 Å². The molecule has 0 aromatic rings. The summed E-state index contributed by atoms with van der Waals surface area (Å²) in [6.45, 7) is 8.96. The number of carbonyl (C=O) groups excluding carboxylic acids is 2. The molecule has 23 heavy (non-hydrogen) atoms. The minimum Gasteiger partial charge on any atom is -0.480 e. The van der Waals surface area contributed by atoms with Crippen molar-refractivity contribution >= 4 is 17.8 Å². The lowest BCUT2D eigenvalue weighted by Crippen LogP contribution is -2.60. The van der Waals surface area contributed by atoms with Crippen molar-refractivity contribution in [1.29, 1.82) is 0 Å². The van der Waals surface area contributed by atoms with E-state index in [1.807, 2.05) is 0 Å². The molecule has 1 aliphatic rings. The molecule has 1 fully saturated rings. The molecule has 0 radical (unpaired) electrons. The fourth-order valence-electron chi connectivity index (χ4n) is 2.79. The van der Waals surface area contributed by atoms with Crippen molar-refractivity contribution in [3.63, 3.8) is 0 Å². The first-order valence-electron chi connectivity index (χ1n) is 8.38. The molecule has 3 N–H and O–H groups in total. The van der Waals surface area contributed by atoms with Gasteiger partial charge >= 0.3 is 5.97 Å². The van der Waals surface area contributed by atoms with E-state index in [0.717, 1.165) is 19.3 Å². The maximum atomic E-state index is 12.3. The largest absolute Gasteiger partial charge is 0.480 e.